The summed E-state index contributed by atoms with van der Waals surface area (Å²) in [5.74, 6) is 0.882. The van der Waals surface area contributed by atoms with Gasteiger partial charge in [-0.25, -0.2) is 0 Å². The number of rotatable bonds is 2. The van der Waals surface area contributed by atoms with Gasteiger partial charge in [-0.3, -0.25) is 0 Å². The molecule has 1 N–H and O–H groups in total. The fourth-order valence-corrected chi connectivity index (χ4v) is 2.47. The molecule has 1 fully saturated rings. The molecule has 1 aliphatic rings. The Labute approximate surface area is 75.4 Å². The lowest BCUT2D eigenvalue weighted by Gasteiger charge is -2.32. The molecule has 66 valence electrons. The van der Waals surface area contributed by atoms with E-state index in [-0.39, 0.29) is 0 Å². The smallest absolute Gasteiger partial charge is 0.0184 e. The topological polar surface area (TPSA) is 12.0 Å². The summed E-state index contributed by atoms with van der Waals surface area (Å²) in [7, 11) is 0. The average molecular weight is 173 g/mol. The molecule has 0 aliphatic heterocycles. The van der Waals surface area contributed by atoms with E-state index >= 15 is 0 Å². The van der Waals surface area contributed by atoms with E-state index in [9.17, 15) is 0 Å². The third kappa shape index (κ3) is 2.68. The molecular formula is C9H19NS. The standard InChI is InChI=1S/C9H19NS/c1-3-10-8-5-4-7(2)6-9(8)11/h7-11H,3-6H2,1-2H3. The fraction of sp³-hybridized carbons (Fsp3) is 1.00. The number of hydrogen-bond donors (Lipinski definition) is 2. The highest BCUT2D eigenvalue weighted by atomic mass is 32.1. The molecule has 0 spiro atoms. The van der Waals surface area contributed by atoms with Crippen molar-refractivity contribution in [2.45, 2.75) is 44.4 Å². The molecule has 1 rings (SSSR count). The van der Waals surface area contributed by atoms with Gasteiger partial charge in [-0.2, -0.15) is 12.6 Å². The highest BCUT2D eigenvalue weighted by Gasteiger charge is 2.24. The zero-order valence-electron chi connectivity index (χ0n) is 7.51. The summed E-state index contributed by atoms with van der Waals surface area (Å²) in [5.41, 5.74) is 0. The molecule has 0 aromatic rings. The first kappa shape index (κ1) is 9.40. The van der Waals surface area contributed by atoms with Crippen LogP contribution in [0.25, 0.3) is 0 Å². The average Bonchev–Trinajstić information content (AvgIpc) is 1.95. The van der Waals surface area contributed by atoms with Crippen molar-refractivity contribution in [3.8, 4) is 0 Å². The second-order valence-corrected chi connectivity index (χ2v) is 4.31. The summed E-state index contributed by atoms with van der Waals surface area (Å²) in [5, 5.41) is 4.06. The lowest BCUT2D eigenvalue weighted by Crippen LogP contribution is -2.40. The summed E-state index contributed by atoms with van der Waals surface area (Å²) in [6.45, 7) is 5.57. The highest BCUT2D eigenvalue weighted by molar-refractivity contribution is 7.81. The van der Waals surface area contributed by atoms with E-state index in [0.717, 1.165) is 12.5 Å². The molecule has 11 heavy (non-hydrogen) atoms. The van der Waals surface area contributed by atoms with Crippen LogP contribution in [-0.4, -0.2) is 17.8 Å². The zero-order chi connectivity index (χ0) is 8.27. The van der Waals surface area contributed by atoms with Gasteiger partial charge in [0.25, 0.3) is 0 Å². The molecule has 0 bridgehead atoms. The monoisotopic (exact) mass is 173 g/mol. The van der Waals surface area contributed by atoms with E-state index in [1.807, 2.05) is 0 Å². The van der Waals surface area contributed by atoms with Crippen molar-refractivity contribution in [1.82, 2.24) is 5.32 Å². The quantitative estimate of drug-likeness (QED) is 0.609. The molecule has 1 saturated carbocycles. The van der Waals surface area contributed by atoms with Crippen LogP contribution in [0.4, 0.5) is 0 Å². The molecule has 1 aliphatic carbocycles. The molecule has 1 nitrogen and oxygen atoms in total. The Hall–Kier alpha value is 0.310. The zero-order valence-corrected chi connectivity index (χ0v) is 8.40. The van der Waals surface area contributed by atoms with E-state index < -0.39 is 0 Å². The van der Waals surface area contributed by atoms with Gasteiger partial charge in [0.1, 0.15) is 0 Å². The van der Waals surface area contributed by atoms with Crippen LogP contribution in [0.5, 0.6) is 0 Å². The first-order chi connectivity index (χ1) is 5.24. The van der Waals surface area contributed by atoms with E-state index in [2.05, 4.69) is 31.8 Å². The van der Waals surface area contributed by atoms with Crippen LogP contribution in [0.3, 0.4) is 0 Å². The summed E-state index contributed by atoms with van der Waals surface area (Å²) < 4.78 is 0. The molecular weight excluding hydrogens is 154 g/mol. The van der Waals surface area contributed by atoms with Crippen LogP contribution in [-0.2, 0) is 0 Å². The maximum absolute atomic E-state index is 4.59. The van der Waals surface area contributed by atoms with Crippen molar-refractivity contribution >= 4 is 12.6 Å². The normalized spacial score (nSPS) is 39.0. The molecule has 2 heteroatoms. The summed E-state index contributed by atoms with van der Waals surface area (Å²) in [4.78, 5) is 0. The predicted molar refractivity (Wildman–Crippen MR) is 53.3 cm³/mol. The van der Waals surface area contributed by atoms with Crippen LogP contribution in [0.15, 0.2) is 0 Å². The van der Waals surface area contributed by atoms with Gasteiger partial charge >= 0.3 is 0 Å². The molecule has 0 radical (unpaired) electrons. The van der Waals surface area contributed by atoms with Crippen LogP contribution in [0, 0.1) is 5.92 Å². The van der Waals surface area contributed by atoms with Gasteiger partial charge in [-0.1, -0.05) is 13.8 Å². The fourth-order valence-electron chi connectivity index (χ4n) is 1.85. The van der Waals surface area contributed by atoms with E-state index in [4.69, 9.17) is 0 Å². The van der Waals surface area contributed by atoms with Gasteiger partial charge < -0.3 is 5.32 Å². The predicted octanol–water partition coefficient (Wildman–Crippen LogP) is 2.08. The lowest BCUT2D eigenvalue weighted by atomic mass is 9.87. The van der Waals surface area contributed by atoms with Gasteiger partial charge in [0.05, 0.1) is 0 Å². The van der Waals surface area contributed by atoms with E-state index in [1.54, 1.807) is 0 Å². The minimum Gasteiger partial charge on any atom is -0.313 e. The minimum absolute atomic E-state index is 0.582. The van der Waals surface area contributed by atoms with Crippen LogP contribution >= 0.6 is 12.6 Å². The SMILES string of the molecule is CCNC1CCC(C)CC1S. The van der Waals surface area contributed by atoms with E-state index in [1.165, 1.54) is 19.3 Å². The van der Waals surface area contributed by atoms with Crippen LogP contribution in [0.1, 0.15) is 33.1 Å². The van der Waals surface area contributed by atoms with Crippen LogP contribution < -0.4 is 5.32 Å². The number of hydrogen-bond acceptors (Lipinski definition) is 2. The first-order valence-electron chi connectivity index (χ1n) is 4.65. The first-order valence-corrected chi connectivity index (χ1v) is 5.17. The van der Waals surface area contributed by atoms with Crippen molar-refractivity contribution in [1.29, 1.82) is 0 Å². The van der Waals surface area contributed by atoms with Crippen molar-refractivity contribution in [2.75, 3.05) is 6.54 Å². The Bertz CT molecular complexity index is 116. The van der Waals surface area contributed by atoms with Gasteiger partial charge in [-0.05, 0) is 31.7 Å². The Morgan fingerprint density at radius 3 is 2.73 bits per heavy atom. The van der Waals surface area contributed by atoms with Gasteiger partial charge in [-0.15, -0.1) is 0 Å². The maximum atomic E-state index is 4.59. The Balaban J connectivity index is 2.31. The molecule has 0 saturated heterocycles. The highest BCUT2D eigenvalue weighted by Crippen LogP contribution is 2.27. The summed E-state index contributed by atoms with van der Waals surface area (Å²) >= 11 is 4.59. The number of nitrogens with one attached hydrogen (secondary N) is 1. The second kappa shape index (κ2) is 4.36. The summed E-state index contributed by atoms with van der Waals surface area (Å²) in [6, 6.07) is 0.666. The third-order valence-corrected chi connectivity index (χ3v) is 3.12. The van der Waals surface area contributed by atoms with Gasteiger partial charge in [0.2, 0.25) is 0 Å². The molecule has 0 heterocycles. The summed E-state index contributed by atoms with van der Waals surface area (Å²) in [6.07, 6.45) is 3.96. The number of thiol groups is 1. The molecule has 0 aromatic carbocycles. The minimum atomic E-state index is 0.582. The largest absolute Gasteiger partial charge is 0.313 e. The van der Waals surface area contributed by atoms with Crippen molar-refractivity contribution in [2.24, 2.45) is 5.92 Å². The molecule has 3 unspecified atom stereocenters. The van der Waals surface area contributed by atoms with Crippen LogP contribution in [0.2, 0.25) is 0 Å². The van der Waals surface area contributed by atoms with E-state index in [0.29, 0.717) is 11.3 Å². The Morgan fingerprint density at radius 1 is 1.45 bits per heavy atom. The lowest BCUT2D eigenvalue weighted by molar-refractivity contribution is 0.322. The molecule has 0 amide bonds. The Kier molecular flexibility index (Phi) is 3.73. The second-order valence-electron chi connectivity index (χ2n) is 3.65. The van der Waals surface area contributed by atoms with Crippen molar-refractivity contribution < 1.29 is 0 Å². The third-order valence-electron chi connectivity index (χ3n) is 2.55. The molecule has 3 atom stereocenters. The van der Waals surface area contributed by atoms with Crippen molar-refractivity contribution in [3.05, 3.63) is 0 Å². The van der Waals surface area contributed by atoms with Gasteiger partial charge in [0, 0.05) is 11.3 Å². The Morgan fingerprint density at radius 2 is 2.18 bits per heavy atom. The maximum Gasteiger partial charge on any atom is 0.0184 e. The van der Waals surface area contributed by atoms with Gasteiger partial charge in [0.15, 0.2) is 0 Å². The molecule has 0 aromatic heterocycles. The van der Waals surface area contributed by atoms with Crippen molar-refractivity contribution in [3.63, 3.8) is 0 Å².